The van der Waals surface area contributed by atoms with E-state index in [0.29, 0.717) is 27.6 Å². The van der Waals surface area contributed by atoms with Crippen LogP contribution in [0.2, 0.25) is 0 Å². The Kier molecular flexibility index (Phi) is 5.59. The molecule has 0 saturated carbocycles. The Labute approximate surface area is 174 Å². The van der Waals surface area contributed by atoms with Gasteiger partial charge in [-0.05, 0) is 35.2 Å². The Balaban J connectivity index is 1.50. The SMILES string of the molecule is O=C(Nc1ncc(Cc2ccc(F)cc2)s1)c1ccccc1C(=O)c1cccs1. The first kappa shape index (κ1) is 19.2. The molecule has 2 heterocycles. The Bertz CT molecular complexity index is 1150. The average molecular weight is 423 g/mol. The number of hydrogen-bond acceptors (Lipinski definition) is 5. The average Bonchev–Trinajstić information content (AvgIpc) is 3.42. The van der Waals surface area contributed by atoms with E-state index in [0.717, 1.165) is 10.4 Å². The summed E-state index contributed by atoms with van der Waals surface area (Å²) in [6, 6.07) is 16.6. The number of nitrogens with one attached hydrogen (secondary N) is 1. The third-order valence-electron chi connectivity index (χ3n) is 4.23. The fraction of sp³-hybridized carbons (Fsp3) is 0.0455. The van der Waals surface area contributed by atoms with E-state index in [4.69, 9.17) is 0 Å². The summed E-state index contributed by atoms with van der Waals surface area (Å²) in [6.45, 7) is 0. The molecule has 1 amide bonds. The molecule has 0 fully saturated rings. The van der Waals surface area contributed by atoms with Gasteiger partial charge in [0.1, 0.15) is 5.82 Å². The van der Waals surface area contributed by atoms with Gasteiger partial charge < -0.3 is 0 Å². The number of nitrogens with zero attached hydrogens (tertiary/aromatic N) is 1. The van der Waals surface area contributed by atoms with Crippen LogP contribution in [0.3, 0.4) is 0 Å². The third kappa shape index (κ3) is 4.47. The van der Waals surface area contributed by atoms with Crippen LogP contribution in [0, 0.1) is 5.82 Å². The number of carbonyl (C=O) groups excluding carboxylic acids is 2. The zero-order chi connectivity index (χ0) is 20.2. The van der Waals surface area contributed by atoms with Gasteiger partial charge in [0.25, 0.3) is 5.91 Å². The van der Waals surface area contributed by atoms with Crippen molar-refractivity contribution in [3.63, 3.8) is 0 Å². The lowest BCUT2D eigenvalue weighted by atomic mass is 10.0. The Hall–Kier alpha value is -3.16. The van der Waals surface area contributed by atoms with E-state index in [2.05, 4.69) is 10.3 Å². The maximum absolute atomic E-state index is 13.0. The molecule has 0 unspecified atom stereocenters. The second-order valence-corrected chi connectivity index (χ2v) is 8.30. The van der Waals surface area contributed by atoms with E-state index < -0.39 is 0 Å². The highest BCUT2D eigenvalue weighted by molar-refractivity contribution is 7.15. The van der Waals surface area contributed by atoms with Gasteiger partial charge in [0, 0.05) is 23.1 Å². The lowest BCUT2D eigenvalue weighted by molar-refractivity contribution is 0.0997. The first-order chi connectivity index (χ1) is 14.1. The van der Waals surface area contributed by atoms with E-state index in [-0.39, 0.29) is 17.5 Å². The molecular weight excluding hydrogens is 407 g/mol. The number of ketones is 1. The molecule has 7 heteroatoms. The molecule has 0 aliphatic heterocycles. The van der Waals surface area contributed by atoms with E-state index in [1.807, 2.05) is 5.38 Å². The van der Waals surface area contributed by atoms with Crippen LogP contribution in [0.4, 0.5) is 9.52 Å². The molecule has 0 saturated heterocycles. The second kappa shape index (κ2) is 8.46. The summed E-state index contributed by atoms with van der Waals surface area (Å²) < 4.78 is 13.0. The highest BCUT2D eigenvalue weighted by Crippen LogP contribution is 2.23. The molecule has 4 nitrogen and oxygen atoms in total. The van der Waals surface area contributed by atoms with Crippen molar-refractivity contribution in [1.29, 1.82) is 0 Å². The van der Waals surface area contributed by atoms with Crippen molar-refractivity contribution in [2.24, 2.45) is 0 Å². The number of hydrogen-bond donors (Lipinski definition) is 1. The quantitative estimate of drug-likeness (QED) is 0.422. The minimum atomic E-state index is -0.381. The molecule has 144 valence electrons. The van der Waals surface area contributed by atoms with Crippen molar-refractivity contribution in [2.75, 3.05) is 5.32 Å². The molecular formula is C22H15FN2O2S2. The molecule has 2 aromatic carbocycles. The Morgan fingerprint density at radius 1 is 0.966 bits per heavy atom. The summed E-state index contributed by atoms with van der Waals surface area (Å²) in [5.74, 6) is -0.836. The standard InChI is InChI=1S/C22H15FN2O2S2/c23-15-9-7-14(8-10-15)12-16-13-24-22(29-16)25-21(27)18-5-2-1-4-17(18)20(26)19-6-3-11-28-19/h1-11,13H,12H2,(H,24,25,27). The predicted octanol–water partition coefficient (Wildman–Crippen LogP) is 5.42. The second-order valence-electron chi connectivity index (χ2n) is 6.24. The van der Waals surface area contributed by atoms with Gasteiger partial charge in [0.15, 0.2) is 5.13 Å². The Morgan fingerprint density at radius 2 is 1.72 bits per heavy atom. The van der Waals surface area contributed by atoms with Gasteiger partial charge in [-0.1, -0.05) is 36.4 Å². The predicted molar refractivity (Wildman–Crippen MR) is 113 cm³/mol. The van der Waals surface area contributed by atoms with Gasteiger partial charge in [-0.15, -0.1) is 22.7 Å². The molecule has 0 spiro atoms. The van der Waals surface area contributed by atoms with Crippen LogP contribution in [0.25, 0.3) is 0 Å². The highest BCUT2D eigenvalue weighted by atomic mass is 32.1. The van der Waals surface area contributed by atoms with Crippen molar-refractivity contribution in [3.8, 4) is 0 Å². The smallest absolute Gasteiger partial charge is 0.258 e. The maximum Gasteiger partial charge on any atom is 0.258 e. The van der Waals surface area contributed by atoms with Crippen LogP contribution in [0.1, 0.15) is 36.0 Å². The largest absolute Gasteiger partial charge is 0.298 e. The van der Waals surface area contributed by atoms with Gasteiger partial charge in [-0.3, -0.25) is 14.9 Å². The summed E-state index contributed by atoms with van der Waals surface area (Å²) in [5, 5.41) is 5.05. The number of thiophene rings is 1. The van der Waals surface area contributed by atoms with Gasteiger partial charge in [0.2, 0.25) is 5.78 Å². The molecule has 0 aliphatic carbocycles. The molecule has 2 aromatic heterocycles. The first-order valence-electron chi connectivity index (χ1n) is 8.78. The molecule has 0 bridgehead atoms. The van der Waals surface area contributed by atoms with Crippen LogP contribution in [-0.4, -0.2) is 16.7 Å². The lowest BCUT2D eigenvalue weighted by Crippen LogP contribution is -2.16. The van der Waals surface area contributed by atoms with E-state index >= 15 is 0 Å². The zero-order valence-corrected chi connectivity index (χ0v) is 16.7. The number of aromatic nitrogens is 1. The third-order valence-corrected chi connectivity index (χ3v) is 6.01. The van der Waals surface area contributed by atoms with Gasteiger partial charge >= 0.3 is 0 Å². The van der Waals surface area contributed by atoms with Crippen LogP contribution < -0.4 is 5.32 Å². The fourth-order valence-corrected chi connectivity index (χ4v) is 4.35. The molecule has 4 rings (SSSR count). The number of benzene rings is 2. The molecule has 0 radical (unpaired) electrons. The number of amides is 1. The van der Waals surface area contributed by atoms with Gasteiger partial charge in [0.05, 0.1) is 10.4 Å². The number of thiazole rings is 1. The molecule has 0 aliphatic rings. The van der Waals surface area contributed by atoms with Crippen molar-refractivity contribution in [3.05, 3.63) is 105 Å². The summed E-state index contributed by atoms with van der Waals surface area (Å²) in [5.41, 5.74) is 1.62. The van der Waals surface area contributed by atoms with Crippen LogP contribution in [0.5, 0.6) is 0 Å². The van der Waals surface area contributed by atoms with E-state index in [9.17, 15) is 14.0 Å². The minimum Gasteiger partial charge on any atom is -0.298 e. The van der Waals surface area contributed by atoms with Crippen LogP contribution in [0.15, 0.2) is 72.2 Å². The summed E-state index contributed by atoms with van der Waals surface area (Å²) >= 11 is 2.69. The number of anilines is 1. The first-order valence-corrected chi connectivity index (χ1v) is 10.5. The minimum absolute atomic E-state index is 0.179. The van der Waals surface area contributed by atoms with E-state index in [1.54, 1.807) is 54.7 Å². The lowest BCUT2D eigenvalue weighted by Gasteiger charge is -2.07. The van der Waals surface area contributed by atoms with Crippen molar-refractivity contribution < 1.29 is 14.0 Å². The summed E-state index contributed by atoms with van der Waals surface area (Å²) in [6.07, 6.45) is 2.29. The van der Waals surface area contributed by atoms with Crippen LogP contribution in [-0.2, 0) is 6.42 Å². The van der Waals surface area contributed by atoms with Gasteiger partial charge in [-0.25, -0.2) is 9.37 Å². The summed E-state index contributed by atoms with van der Waals surface area (Å²) in [7, 11) is 0. The topological polar surface area (TPSA) is 59.1 Å². The van der Waals surface area contributed by atoms with Gasteiger partial charge in [-0.2, -0.15) is 0 Å². The van der Waals surface area contributed by atoms with Crippen molar-refractivity contribution in [2.45, 2.75) is 6.42 Å². The number of halogens is 1. The zero-order valence-electron chi connectivity index (χ0n) is 15.1. The number of rotatable bonds is 6. The number of carbonyl (C=O) groups is 2. The molecule has 4 aromatic rings. The summed E-state index contributed by atoms with van der Waals surface area (Å²) in [4.78, 5) is 31.3. The van der Waals surface area contributed by atoms with Crippen molar-refractivity contribution in [1.82, 2.24) is 4.98 Å². The Morgan fingerprint density at radius 3 is 2.45 bits per heavy atom. The van der Waals surface area contributed by atoms with Crippen molar-refractivity contribution >= 4 is 39.5 Å². The maximum atomic E-state index is 13.0. The highest BCUT2D eigenvalue weighted by Gasteiger charge is 2.19. The molecule has 29 heavy (non-hydrogen) atoms. The normalized spacial score (nSPS) is 10.7. The molecule has 0 atom stereocenters. The monoisotopic (exact) mass is 422 g/mol. The van der Waals surface area contributed by atoms with Crippen LogP contribution >= 0.6 is 22.7 Å². The molecule has 1 N–H and O–H groups in total. The fourth-order valence-electron chi connectivity index (χ4n) is 2.83. The van der Waals surface area contributed by atoms with E-state index in [1.165, 1.54) is 34.8 Å².